The van der Waals surface area contributed by atoms with Crippen LogP contribution in [0.2, 0.25) is 0 Å². The maximum Gasteiger partial charge on any atom is 0.240 e. The summed E-state index contributed by atoms with van der Waals surface area (Å²) in [5.74, 6) is 1.43. The van der Waals surface area contributed by atoms with Gasteiger partial charge in [-0.25, -0.2) is 18.1 Å². The number of aryl methyl sites for hydroxylation is 1. The first kappa shape index (κ1) is 17.0. The molecule has 124 valence electrons. The smallest absolute Gasteiger partial charge is 0.240 e. The van der Waals surface area contributed by atoms with Crippen LogP contribution in [-0.4, -0.2) is 54.2 Å². The molecule has 1 aromatic rings. The highest BCUT2D eigenvalue weighted by atomic mass is 32.2. The second-order valence-electron chi connectivity index (χ2n) is 6.04. The summed E-state index contributed by atoms with van der Waals surface area (Å²) in [5, 5.41) is 0. The van der Waals surface area contributed by atoms with Crippen LogP contribution in [0.25, 0.3) is 0 Å². The summed E-state index contributed by atoms with van der Waals surface area (Å²) >= 11 is 0. The minimum absolute atomic E-state index is 0.152. The molecule has 22 heavy (non-hydrogen) atoms. The van der Waals surface area contributed by atoms with Gasteiger partial charge in [0.15, 0.2) is 0 Å². The fraction of sp³-hybridized carbons (Fsp3) is 0.714. The van der Waals surface area contributed by atoms with Gasteiger partial charge in [-0.1, -0.05) is 0 Å². The van der Waals surface area contributed by atoms with Gasteiger partial charge < -0.3 is 9.47 Å². The molecule has 0 saturated carbocycles. The lowest BCUT2D eigenvalue weighted by atomic mass is 9.93. The molecule has 1 atom stereocenters. The zero-order chi connectivity index (χ0) is 16.3. The lowest BCUT2D eigenvalue weighted by Crippen LogP contribution is -2.49. The van der Waals surface area contributed by atoms with E-state index in [4.69, 9.17) is 0 Å². The number of imidazole rings is 1. The molecule has 0 bridgehead atoms. The van der Waals surface area contributed by atoms with E-state index >= 15 is 0 Å². The third-order valence-electron chi connectivity index (χ3n) is 4.08. The van der Waals surface area contributed by atoms with E-state index in [1.807, 2.05) is 17.8 Å². The molecule has 1 aromatic heterocycles. The molecule has 1 aliphatic heterocycles. The first-order valence-electron chi connectivity index (χ1n) is 7.48. The third kappa shape index (κ3) is 4.54. The highest BCUT2D eigenvalue weighted by Crippen LogP contribution is 2.21. The molecule has 0 spiro atoms. The number of rotatable bonds is 5. The summed E-state index contributed by atoms with van der Waals surface area (Å²) in [4.78, 5) is 18.3. The average Bonchev–Trinajstić information content (AvgIpc) is 2.82. The highest BCUT2D eigenvalue weighted by molar-refractivity contribution is 7.88. The molecular formula is C14H24N4O3S. The van der Waals surface area contributed by atoms with Crippen molar-refractivity contribution in [1.29, 1.82) is 0 Å². The van der Waals surface area contributed by atoms with E-state index in [1.54, 1.807) is 18.0 Å². The van der Waals surface area contributed by atoms with E-state index in [9.17, 15) is 13.2 Å². The van der Waals surface area contributed by atoms with Gasteiger partial charge >= 0.3 is 0 Å². The van der Waals surface area contributed by atoms with Crippen molar-refractivity contribution in [2.45, 2.75) is 32.2 Å². The average molecular weight is 328 g/mol. The van der Waals surface area contributed by atoms with Crippen LogP contribution in [0.3, 0.4) is 0 Å². The summed E-state index contributed by atoms with van der Waals surface area (Å²) in [7, 11) is -1.38. The fourth-order valence-corrected chi connectivity index (χ4v) is 3.60. The fourth-order valence-electron chi connectivity index (χ4n) is 2.85. The molecule has 2 heterocycles. The Morgan fingerprint density at radius 1 is 1.45 bits per heavy atom. The van der Waals surface area contributed by atoms with Crippen LogP contribution in [0.5, 0.6) is 0 Å². The van der Waals surface area contributed by atoms with Gasteiger partial charge in [0.1, 0.15) is 5.82 Å². The van der Waals surface area contributed by atoms with Gasteiger partial charge in [-0.2, -0.15) is 0 Å². The van der Waals surface area contributed by atoms with E-state index in [0.717, 1.165) is 31.3 Å². The van der Waals surface area contributed by atoms with Gasteiger partial charge in [0.05, 0.1) is 12.3 Å². The predicted octanol–water partition coefficient (Wildman–Crippen LogP) is 0.139. The Morgan fingerprint density at radius 2 is 2.09 bits per heavy atom. The monoisotopic (exact) mass is 328 g/mol. The van der Waals surface area contributed by atoms with Gasteiger partial charge in [-0.3, -0.25) is 4.79 Å². The Balaban J connectivity index is 1.84. The van der Waals surface area contributed by atoms with E-state index in [1.165, 1.54) is 0 Å². The van der Waals surface area contributed by atoms with Crippen molar-refractivity contribution in [1.82, 2.24) is 19.2 Å². The molecule has 1 aliphatic rings. The van der Waals surface area contributed by atoms with Gasteiger partial charge in [-0.05, 0) is 25.7 Å². The van der Waals surface area contributed by atoms with Gasteiger partial charge in [-0.15, -0.1) is 0 Å². The van der Waals surface area contributed by atoms with Crippen molar-refractivity contribution in [2.24, 2.45) is 13.0 Å². The SMILES string of the molecule is CC(NS(C)(=O)=O)C(=O)N1CCC(Cc2nccn2C)CC1. The zero-order valence-corrected chi connectivity index (χ0v) is 14.1. The van der Waals surface area contributed by atoms with Crippen molar-refractivity contribution < 1.29 is 13.2 Å². The van der Waals surface area contributed by atoms with Crippen molar-refractivity contribution in [2.75, 3.05) is 19.3 Å². The lowest BCUT2D eigenvalue weighted by molar-refractivity contribution is -0.133. The zero-order valence-electron chi connectivity index (χ0n) is 13.3. The van der Waals surface area contributed by atoms with Crippen molar-refractivity contribution in [3.8, 4) is 0 Å². The maximum atomic E-state index is 12.2. The second-order valence-corrected chi connectivity index (χ2v) is 7.82. The van der Waals surface area contributed by atoms with Crippen LogP contribution < -0.4 is 4.72 Å². The molecule has 1 amide bonds. The third-order valence-corrected chi connectivity index (χ3v) is 4.86. The molecule has 0 aromatic carbocycles. The number of nitrogens with zero attached hydrogens (tertiary/aromatic N) is 3. The minimum atomic E-state index is -3.37. The Morgan fingerprint density at radius 3 is 2.59 bits per heavy atom. The number of sulfonamides is 1. The largest absolute Gasteiger partial charge is 0.341 e. The molecule has 8 heteroatoms. The van der Waals surface area contributed by atoms with Crippen molar-refractivity contribution >= 4 is 15.9 Å². The Hall–Kier alpha value is -1.41. The van der Waals surface area contributed by atoms with E-state index in [-0.39, 0.29) is 5.91 Å². The molecule has 1 saturated heterocycles. The van der Waals surface area contributed by atoms with Gasteiger partial charge in [0, 0.05) is 39.0 Å². The summed E-state index contributed by atoms with van der Waals surface area (Å²) < 4.78 is 26.8. The molecule has 1 unspecified atom stereocenters. The topological polar surface area (TPSA) is 84.3 Å². The number of hydrogen-bond acceptors (Lipinski definition) is 4. The number of nitrogens with one attached hydrogen (secondary N) is 1. The Kier molecular flexibility index (Phi) is 5.23. The lowest BCUT2D eigenvalue weighted by Gasteiger charge is -2.33. The number of likely N-dealkylation sites (tertiary alicyclic amines) is 1. The minimum Gasteiger partial charge on any atom is -0.341 e. The number of amides is 1. The number of carbonyl (C=O) groups is 1. The van der Waals surface area contributed by atoms with E-state index < -0.39 is 16.1 Å². The normalized spacial score (nSPS) is 18.4. The van der Waals surface area contributed by atoms with Crippen LogP contribution in [0.1, 0.15) is 25.6 Å². The maximum absolute atomic E-state index is 12.2. The van der Waals surface area contributed by atoms with Crippen LogP contribution in [0, 0.1) is 5.92 Å². The number of hydrogen-bond donors (Lipinski definition) is 1. The molecular weight excluding hydrogens is 304 g/mol. The van der Waals surface area contributed by atoms with Crippen molar-refractivity contribution in [3.05, 3.63) is 18.2 Å². The molecule has 1 N–H and O–H groups in total. The quantitative estimate of drug-likeness (QED) is 0.833. The van der Waals surface area contributed by atoms with Crippen LogP contribution in [-0.2, 0) is 28.3 Å². The summed E-state index contributed by atoms with van der Waals surface area (Å²) in [6, 6.07) is -0.707. The van der Waals surface area contributed by atoms with E-state index in [2.05, 4.69) is 9.71 Å². The number of carbonyl (C=O) groups excluding carboxylic acids is 1. The summed E-state index contributed by atoms with van der Waals surface area (Å²) in [6.45, 7) is 2.93. The summed E-state index contributed by atoms with van der Waals surface area (Å²) in [6.07, 6.45) is 7.56. The molecule has 1 fully saturated rings. The summed E-state index contributed by atoms with van der Waals surface area (Å²) in [5.41, 5.74) is 0. The van der Waals surface area contributed by atoms with Crippen LogP contribution in [0.4, 0.5) is 0 Å². The standard InChI is InChI=1S/C14H24N4O3S/c1-11(16-22(3,20)21)14(19)18-7-4-12(5-8-18)10-13-15-6-9-17(13)2/h6,9,11-12,16H,4-5,7-8,10H2,1-3H3. The van der Waals surface area contributed by atoms with Crippen LogP contribution in [0.15, 0.2) is 12.4 Å². The predicted molar refractivity (Wildman–Crippen MR) is 83.7 cm³/mol. The first-order valence-corrected chi connectivity index (χ1v) is 9.37. The second kappa shape index (κ2) is 6.78. The molecule has 7 nitrogen and oxygen atoms in total. The molecule has 0 aliphatic carbocycles. The Bertz CT molecular complexity index is 618. The first-order chi connectivity index (χ1) is 10.3. The number of piperidine rings is 1. The molecule has 0 radical (unpaired) electrons. The van der Waals surface area contributed by atoms with Gasteiger partial charge in [0.25, 0.3) is 0 Å². The van der Waals surface area contributed by atoms with E-state index in [0.29, 0.717) is 19.0 Å². The highest BCUT2D eigenvalue weighted by Gasteiger charge is 2.27. The van der Waals surface area contributed by atoms with Gasteiger partial charge in [0.2, 0.25) is 15.9 Å². The Labute approximate surface area is 131 Å². The van der Waals surface area contributed by atoms with Crippen LogP contribution >= 0.6 is 0 Å². The van der Waals surface area contributed by atoms with Crippen molar-refractivity contribution in [3.63, 3.8) is 0 Å². The molecule has 2 rings (SSSR count). The number of aromatic nitrogens is 2.